The van der Waals surface area contributed by atoms with Crippen molar-refractivity contribution in [3.63, 3.8) is 0 Å². The van der Waals surface area contributed by atoms with Crippen LogP contribution in [-0.2, 0) is 0 Å². The largest absolute Gasteiger partial charge is 0.378 e. The highest BCUT2D eigenvalue weighted by molar-refractivity contribution is 5.81. The Kier molecular flexibility index (Phi) is 3.43. The van der Waals surface area contributed by atoms with Gasteiger partial charge in [-0.2, -0.15) is 0 Å². The Hall–Kier alpha value is -1.90. The normalized spacial score (nSPS) is 22.9. The van der Waals surface area contributed by atoms with E-state index in [9.17, 15) is 9.59 Å². The van der Waals surface area contributed by atoms with Crippen molar-refractivity contribution in [3.05, 3.63) is 50.8 Å². The topological polar surface area (TPSA) is 46.2 Å². The van der Waals surface area contributed by atoms with Gasteiger partial charge in [0.15, 0.2) is 0 Å². The number of hydrogen-bond donors (Lipinski definition) is 1. The van der Waals surface area contributed by atoms with Crippen LogP contribution in [0, 0.1) is 5.92 Å². The minimum Gasteiger partial charge on any atom is -0.378 e. The first kappa shape index (κ1) is 13.1. The first-order valence-electron chi connectivity index (χ1n) is 7.33. The van der Waals surface area contributed by atoms with Crippen LogP contribution in [-0.4, -0.2) is 6.04 Å². The number of benzene rings is 1. The summed E-state index contributed by atoms with van der Waals surface area (Å²) < 4.78 is 0. The summed E-state index contributed by atoms with van der Waals surface area (Å²) in [6, 6.07) is 9.76. The minimum atomic E-state index is -0.360. The quantitative estimate of drug-likeness (QED) is 0.871. The third kappa shape index (κ3) is 2.17. The van der Waals surface area contributed by atoms with Gasteiger partial charge < -0.3 is 5.32 Å². The van der Waals surface area contributed by atoms with E-state index in [0.29, 0.717) is 23.2 Å². The average Bonchev–Trinajstić information content (AvgIpc) is 2.49. The zero-order valence-electron chi connectivity index (χ0n) is 11.7. The third-order valence-corrected chi connectivity index (χ3v) is 4.41. The summed E-state index contributed by atoms with van der Waals surface area (Å²) in [7, 11) is 0. The van der Waals surface area contributed by atoms with Crippen LogP contribution in [0.2, 0.25) is 0 Å². The molecule has 1 N–H and O–H groups in total. The molecular formula is C17H19NO2. The SMILES string of the molecule is C[C@@H]1CCCC[C@H]1Nc1c(-c2ccccc2)c(=O)c1=O. The van der Waals surface area contributed by atoms with Crippen LogP contribution in [0.1, 0.15) is 32.6 Å². The fourth-order valence-corrected chi connectivity index (χ4v) is 3.13. The summed E-state index contributed by atoms with van der Waals surface area (Å²) in [5, 5.41) is 3.34. The summed E-state index contributed by atoms with van der Waals surface area (Å²) in [6.07, 6.45) is 4.72. The minimum absolute atomic E-state index is 0.314. The number of anilines is 1. The van der Waals surface area contributed by atoms with Crippen LogP contribution in [0.3, 0.4) is 0 Å². The van der Waals surface area contributed by atoms with E-state index in [1.165, 1.54) is 19.3 Å². The van der Waals surface area contributed by atoms with Gasteiger partial charge in [0.2, 0.25) is 10.9 Å². The Labute approximate surface area is 118 Å². The van der Waals surface area contributed by atoms with Crippen molar-refractivity contribution in [1.29, 1.82) is 0 Å². The van der Waals surface area contributed by atoms with Gasteiger partial charge in [-0.1, -0.05) is 50.1 Å². The van der Waals surface area contributed by atoms with Crippen LogP contribution < -0.4 is 16.2 Å². The highest BCUT2D eigenvalue weighted by Crippen LogP contribution is 2.29. The first-order valence-corrected chi connectivity index (χ1v) is 7.33. The number of rotatable bonds is 3. The smallest absolute Gasteiger partial charge is 0.250 e. The van der Waals surface area contributed by atoms with Gasteiger partial charge in [0, 0.05) is 6.04 Å². The molecule has 1 aliphatic carbocycles. The molecule has 1 aliphatic rings. The second-order valence-corrected chi connectivity index (χ2v) is 5.79. The fraction of sp³-hybridized carbons (Fsp3) is 0.412. The van der Waals surface area contributed by atoms with E-state index < -0.39 is 0 Å². The monoisotopic (exact) mass is 269 g/mol. The van der Waals surface area contributed by atoms with Crippen molar-refractivity contribution < 1.29 is 0 Å². The summed E-state index contributed by atoms with van der Waals surface area (Å²) in [5.74, 6) is 0.553. The second-order valence-electron chi connectivity index (χ2n) is 5.79. The molecule has 1 saturated carbocycles. The van der Waals surface area contributed by atoms with Gasteiger partial charge in [-0.05, 0) is 24.3 Å². The molecule has 20 heavy (non-hydrogen) atoms. The average molecular weight is 269 g/mol. The number of nitrogens with one attached hydrogen (secondary N) is 1. The molecule has 0 spiro atoms. The lowest BCUT2D eigenvalue weighted by molar-refractivity contribution is 0.349. The number of hydrogen-bond acceptors (Lipinski definition) is 3. The maximum absolute atomic E-state index is 11.9. The van der Waals surface area contributed by atoms with Gasteiger partial charge in [-0.3, -0.25) is 9.59 Å². The standard InChI is InChI=1S/C17H19NO2/c1-11-7-5-6-10-13(11)18-15-14(16(19)17(15)20)12-8-3-2-4-9-12/h2-4,8-9,11,13,18H,5-7,10H2,1H3/t11-,13-/m1/s1. The van der Waals surface area contributed by atoms with E-state index in [4.69, 9.17) is 0 Å². The lowest BCUT2D eigenvalue weighted by Crippen LogP contribution is -2.41. The van der Waals surface area contributed by atoms with E-state index in [1.807, 2.05) is 30.3 Å². The molecule has 0 aliphatic heterocycles. The molecule has 0 heterocycles. The Balaban J connectivity index is 1.90. The van der Waals surface area contributed by atoms with Crippen LogP contribution in [0.25, 0.3) is 11.1 Å². The maximum atomic E-state index is 11.9. The summed E-state index contributed by atoms with van der Waals surface area (Å²) in [4.78, 5) is 23.7. The van der Waals surface area contributed by atoms with Gasteiger partial charge in [-0.25, -0.2) is 0 Å². The van der Waals surface area contributed by atoms with Crippen LogP contribution in [0.5, 0.6) is 0 Å². The van der Waals surface area contributed by atoms with Crippen molar-refractivity contribution in [1.82, 2.24) is 0 Å². The maximum Gasteiger partial charge on any atom is 0.250 e. The molecule has 0 amide bonds. The fourth-order valence-electron chi connectivity index (χ4n) is 3.13. The molecular weight excluding hydrogens is 250 g/mol. The van der Waals surface area contributed by atoms with E-state index in [0.717, 1.165) is 12.0 Å². The van der Waals surface area contributed by atoms with E-state index in [2.05, 4.69) is 12.2 Å². The predicted molar refractivity (Wildman–Crippen MR) is 81.8 cm³/mol. The molecule has 0 unspecified atom stereocenters. The Morgan fingerprint density at radius 2 is 1.70 bits per heavy atom. The Bertz CT molecular complexity index is 668. The molecule has 3 nitrogen and oxygen atoms in total. The molecule has 2 aromatic rings. The lowest BCUT2D eigenvalue weighted by atomic mass is 9.85. The first-order chi connectivity index (χ1) is 9.68. The lowest BCUT2D eigenvalue weighted by Gasteiger charge is -2.31. The van der Waals surface area contributed by atoms with Crippen molar-refractivity contribution in [3.8, 4) is 11.1 Å². The van der Waals surface area contributed by atoms with Gasteiger partial charge in [0.1, 0.15) is 0 Å². The predicted octanol–water partition coefficient (Wildman–Crippen LogP) is 2.94. The highest BCUT2D eigenvalue weighted by atomic mass is 16.2. The Morgan fingerprint density at radius 3 is 2.40 bits per heavy atom. The van der Waals surface area contributed by atoms with Crippen molar-refractivity contribution >= 4 is 5.69 Å². The summed E-state index contributed by atoms with van der Waals surface area (Å²) in [6.45, 7) is 2.21. The molecule has 2 atom stereocenters. The molecule has 2 aromatic carbocycles. The molecule has 1 fully saturated rings. The molecule has 3 rings (SSSR count). The molecule has 0 bridgehead atoms. The molecule has 104 valence electrons. The van der Waals surface area contributed by atoms with Crippen molar-refractivity contribution in [2.45, 2.75) is 38.6 Å². The van der Waals surface area contributed by atoms with E-state index in [1.54, 1.807) is 0 Å². The molecule has 3 heteroatoms. The zero-order valence-corrected chi connectivity index (χ0v) is 11.7. The van der Waals surface area contributed by atoms with Crippen LogP contribution >= 0.6 is 0 Å². The third-order valence-electron chi connectivity index (χ3n) is 4.41. The highest BCUT2D eigenvalue weighted by Gasteiger charge is 2.27. The molecule has 0 radical (unpaired) electrons. The van der Waals surface area contributed by atoms with Crippen LogP contribution in [0.15, 0.2) is 39.9 Å². The second kappa shape index (κ2) is 5.23. The molecule has 0 saturated heterocycles. The van der Waals surface area contributed by atoms with Crippen LogP contribution in [0.4, 0.5) is 5.69 Å². The molecule has 0 aromatic heterocycles. The summed E-state index contributed by atoms with van der Waals surface area (Å²) in [5.41, 5.74) is 1.21. The van der Waals surface area contributed by atoms with Gasteiger partial charge in [0.25, 0.3) is 0 Å². The zero-order chi connectivity index (χ0) is 14.1. The van der Waals surface area contributed by atoms with Crippen molar-refractivity contribution in [2.24, 2.45) is 5.92 Å². The van der Waals surface area contributed by atoms with E-state index >= 15 is 0 Å². The van der Waals surface area contributed by atoms with Crippen molar-refractivity contribution in [2.75, 3.05) is 5.32 Å². The summed E-state index contributed by atoms with van der Waals surface area (Å²) >= 11 is 0. The Morgan fingerprint density at radius 1 is 1.00 bits per heavy atom. The van der Waals surface area contributed by atoms with Gasteiger partial charge in [-0.15, -0.1) is 0 Å². The van der Waals surface area contributed by atoms with Gasteiger partial charge >= 0.3 is 0 Å². The van der Waals surface area contributed by atoms with Gasteiger partial charge in [0.05, 0.1) is 11.3 Å². The van der Waals surface area contributed by atoms with E-state index in [-0.39, 0.29) is 10.9 Å².